The Kier molecular flexibility index (Phi) is 6.08. The fourth-order valence-electron chi connectivity index (χ4n) is 3.33. The first kappa shape index (κ1) is 21.8. The first-order chi connectivity index (χ1) is 16.6. The van der Waals surface area contributed by atoms with Crippen molar-refractivity contribution >= 4 is 51.0 Å². The van der Waals surface area contributed by atoms with Crippen LogP contribution in [0.3, 0.4) is 0 Å². The molecule has 1 N–H and O–H groups in total. The zero-order chi connectivity index (χ0) is 23.5. The SMILES string of the molecule is O=C(Oc1ccc(C=Nc2ccc(-c3nc4ccccc4s3)c(O)c2)cc1)c1ccccc1Cl. The van der Waals surface area contributed by atoms with E-state index in [0.717, 1.165) is 20.8 Å². The predicted molar refractivity (Wildman–Crippen MR) is 137 cm³/mol. The van der Waals surface area contributed by atoms with Crippen LogP contribution in [0.1, 0.15) is 15.9 Å². The van der Waals surface area contributed by atoms with Crippen LogP contribution in [-0.2, 0) is 0 Å². The van der Waals surface area contributed by atoms with Gasteiger partial charge >= 0.3 is 5.97 Å². The third-order valence-electron chi connectivity index (χ3n) is 5.05. The van der Waals surface area contributed by atoms with Crippen LogP contribution in [0.4, 0.5) is 5.69 Å². The van der Waals surface area contributed by atoms with Crippen LogP contribution in [0.2, 0.25) is 5.02 Å². The molecule has 7 heteroatoms. The number of hydrogen-bond donors (Lipinski definition) is 1. The highest BCUT2D eigenvalue weighted by Crippen LogP contribution is 2.37. The quantitative estimate of drug-likeness (QED) is 0.161. The molecule has 0 spiro atoms. The fraction of sp³-hybridized carbons (Fsp3) is 0. The minimum Gasteiger partial charge on any atom is -0.507 e. The number of benzene rings is 4. The van der Waals surface area contributed by atoms with Gasteiger partial charge in [0.15, 0.2) is 0 Å². The number of halogens is 1. The Morgan fingerprint density at radius 1 is 0.971 bits per heavy atom. The van der Waals surface area contributed by atoms with Crippen molar-refractivity contribution in [3.05, 3.63) is 107 Å². The number of aliphatic imine (C=N–C) groups is 1. The summed E-state index contributed by atoms with van der Waals surface area (Å²) < 4.78 is 6.46. The topological polar surface area (TPSA) is 71.8 Å². The van der Waals surface area contributed by atoms with Gasteiger partial charge in [0.2, 0.25) is 0 Å². The number of aromatic nitrogens is 1. The first-order valence-corrected chi connectivity index (χ1v) is 11.6. The maximum atomic E-state index is 12.3. The van der Waals surface area contributed by atoms with E-state index < -0.39 is 5.97 Å². The Bertz CT molecular complexity index is 1490. The number of rotatable bonds is 5. The number of fused-ring (bicyclic) bond motifs is 1. The van der Waals surface area contributed by atoms with E-state index in [0.29, 0.717) is 27.6 Å². The molecule has 1 heterocycles. The second-order valence-electron chi connectivity index (χ2n) is 7.38. The largest absolute Gasteiger partial charge is 0.507 e. The molecule has 4 aromatic carbocycles. The molecule has 1 aromatic heterocycles. The summed E-state index contributed by atoms with van der Waals surface area (Å²) >= 11 is 7.58. The molecular formula is C27H17ClN2O3S. The number of nitrogens with zero attached hydrogens (tertiary/aromatic N) is 2. The lowest BCUT2D eigenvalue weighted by Crippen LogP contribution is -2.08. The number of ether oxygens (including phenoxy) is 1. The molecule has 34 heavy (non-hydrogen) atoms. The first-order valence-electron chi connectivity index (χ1n) is 10.4. The van der Waals surface area contributed by atoms with Gasteiger partial charge in [0.1, 0.15) is 16.5 Å². The Hall–Kier alpha value is -4.00. The van der Waals surface area contributed by atoms with Crippen molar-refractivity contribution in [1.82, 2.24) is 4.98 Å². The van der Waals surface area contributed by atoms with Gasteiger partial charge in [-0.05, 0) is 66.2 Å². The molecular weight excluding hydrogens is 468 g/mol. The number of hydrogen-bond acceptors (Lipinski definition) is 6. The second kappa shape index (κ2) is 9.47. The summed E-state index contributed by atoms with van der Waals surface area (Å²) in [5, 5.41) is 11.6. The summed E-state index contributed by atoms with van der Waals surface area (Å²) in [6, 6.07) is 26.8. The van der Waals surface area contributed by atoms with Crippen LogP contribution in [0.5, 0.6) is 11.5 Å². The van der Waals surface area contributed by atoms with Crippen LogP contribution in [0, 0.1) is 0 Å². The van der Waals surface area contributed by atoms with E-state index >= 15 is 0 Å². The normalized spacial score (nSPS) is 11.2. The van der Waals surface area contributed by atoms with Gasteiger partial charge < -0.3 is 9.84 Å². The lowest BCUT2D eigenvalue weighted by molar-refractivity contribution is 0.0735. The van der Waals surface area contributed by atoms with E-state index in [1.165, 1.54) is 11.3 Å². The van der Waals surface area contributed by atoms with Crippen molar-refractivity contribution in [2.24, 2.45) is 4.99 Å². The average Bonchev–Trinajstić information content (AvgIpc) is 3.28. The van der Waals surface area contributed by atoms with Crippen LogP contribution >= 0.6 is 22.9 Å². The lowest BCUT2D eigenvalue weighted by Gasteiger charge is -2.06. The Morgan fingerprint density at radius 2 is 1.74 bits per heavy atom. The number of carbonyl (C=O) groups excluding carboxylic acids is 1. The number of phenols is 1. The molecule has 0 bridgehead atoms. The number of esters is 1. The van der Waals surface area contributed by atoms with Crippen LogP contribution in [-0.4, -0.2) is 22.3 Å². The van der Waals surface area contributed by atoms with E-state index in [-0.39, 0.29) is 5.75 Å². The summed E-state index contributed by atoms with van der Waals surface area (Å²) in [6.45, 7) is 0. The molecule has 5 rings (SSSR count). The third kappa shape index (κ3) is 4.69. The molecule has 0 radical (unpaired) electrons. The van der Waals surface area contributed by atoms with Crippen molar-refractivity contribution < 1.29 is 14.6 Å². The van der Waals surface area contributed by atoms with Gasteiger partial charge in [-0.15, -0.1) is 11.3 Å². The maximum absolute atomic E-state index is 12.3. The molecule has 5 aromatic rings. The molecule has 0 unspecified atom stereocenters. The molecule has 0 aliphatic rings. The van der Waals surface area contributed by atoms with E-state index in [1.807, 2.05) is 36.4 Å². The van der Waals surface area contributed by atoms with Crippen molar-refractivity contribution in [3.63, 3.8) is 0 Å². The summed E-state index contributed by atoms with van der Waals surface area (Å²) in [5.74, 6) is 0.00569. The molecule has 0 aliphatic carbocycles. The highest BCUT2D eigenvalue weighted by molar-refractivity contribution is 7.21. The Morgan fingerprint density at radius 3 is 2.50 bits per heavy atom. The highest BCUT2D eigenvalue weighted by Gasteiger charge is 2.12. The fourth-order valence-corrected chi connectivity index (χ4v) is 4.54. The highest BCUT2D eigenvalue weighted by atomic mass is 35.5. The van der Waals surface area contributed by atoms with Gasteiger partial charge in [0.25, 0.3) is 0 Å². The number of carbonyl (C=O) groups is 1. The van der Waals surface area contributed by atoms with Gasteiger partial charge in [0.05, 0.1) is 32.1 Å². The van der Waals surface area contributed by atoms with Crippen molar-refractivity contribution in [2.75, 3.05) is 0 Å². The van der Waals surface area contributed by atoms with Gasteiger partial charge in [-0.25, -0.2) is 9.78 Å². The molecule has 0 saturated carbocycles. The number of aromatic hydroxyl groups is 1. The maximum Gasteiger partial charge on any atom is 0.345 e. The minimum atomic E-state index is -0.518. The van der Waals surface area contributed by atoms with Crippen molar-refractivity contribution in [1.29, 1.82) is 0 Å². The van der Waals surface area contributed by atoms with Gasteiger partial charge in [-0.2, -0.15) is 0 Å². The van der Waals surface area contributed by atoms with E-state index in [2.05, 4.69) is 9.98 Å². The smallest absolute Gasteiger partial charge is 0.345 e. The second-order valence-corrected chi connectivity index (χ2v) is 8.82. The summed E-state index contributed by atoms with van der Waals surface area (Å²) in [4.78, 5) is 21.3. The van der Waals surface area contributed by atoms with Gasteiger partial charge in [0, 0.05) is 12.3 Å². The molecule has 0 amide bonds. The van der Waals surface area contributed by atoms with Gasteiger partial charge in [-0.3, -0.25) is 4.99 Å². The zero-order valence-corrected chi connectivity index (χ0v) is 19.3. The lowest BCUT2D eigenvalue weighted by atomic mass is 10.2. The standard InChI is InChI=1S/C27H17ClN2O3S/c28-22-6-2-1-5-20(22)27(32)33-19-12-9-17(10-13-19)16-29-18-11-14-21(24(31)15-18)26-30-23-7-3-4-8-25(23)34-26/h1-16,31H. The molecule has 5 nitrogen and oxygen atoms in total. The van der Waals surface area contributed by atoms with Gasteiger partial charge in [-0.1, -0.05) is 35.9 Å². The average molecular weight is 485 g/mol. The van der Waals surface area contributed by atoms with E-state index in [4.69, 9.17) is 16.3 Å². The molecule has 0 fully saturated rings. The molecule has 0 aliphatic heterocycles. The summed E-state index contributed by atoms with van der Waals surface area (Å²) in [5.41, 5.74) is 3.31. The van der Waals surface area contributed by atoms with Crippen molar-refractivity contribution in [3.8, 4) is 22.1 Å². The Balaban J connectivity index is 1.28. The predicted octanol–water partition coefficient (Wildman–Crippen LogP) is 7.29. The van der Waals surface area contributed by atoms with Crippen LogP contribution < -0.4 is 4.74 Å². The van der Waals surface area contributed by atoms with E-state index in [9.17, 15) is 9.90 Å². The van der Waals surface area contributed by atoms with Crippen LogP contribution in [0.25, 0.3) is 20.8 Å². The molecule has 166 valence electrons. The molecule has 0 atom stereocenters. The number of thiazole rings is 1. The Labute approximate surface area is 204 Å². The number of para-hydroxylation sites is 1. The minimum absolute atomic E-state index is 0.121. The monoisotopic (exact) mass is 484 g/mol. The summed E-state index contributed by atoms with van der Waals surface area (Å²) in [6.07, 6.45) is 1.67. The number of phenolic OH excluding ortho intramolecular Hbond substituents is 1. The molecule has 0 saturated heterocycles. The summed E-state index contributed by atoms with van der Waals surface area (Å²) in [7, 11) is 0. The third-order valence-corrected chi connectivity index (χ3v) is 6.45. The van der Waals surface area contributed by atoms with Crippen molar-refractivity contribution in [2.45, 2.75) is 0 Å². The van der Waals surface area contributed by atoms with Crippen LogP contribution in [0.15, 0.2) is 96.0 Å². The zero-order valence-electron chi connectivity index (χ0n) is 17.7. The van der Waals surface area contributed by atoms with E-state index in [1.54, 1.807) is 60.8 Å².